The van der Waals surface area contributed by atoms with Gasteiger partial charge in [0.15, 0.2) is 0 Å². The number of para-hydroxylation sites is 1. The van der Waals surface area contributed by atoms with Crippen LogP contribution in [0.2, 0.25) is 0 Å². The normalized spacial score (nSPS) is 11.8. The van der Waals surface area contributed by atoms with Crippen molar-refractivity contribution < 1.29 is 4.42 Å². The summed E-state index contributed by atoms with van der Waals surface area (Å²) in [7, 11) is 0. The van der Waals surface area contributed by atoms with Crippen LogP contribution < -0.4 is 4.90 Å². The molecule has 0 bridgehead atoms. The van der Waals surface area contributed by atoms with E-state index >= 15 is 0 Å². The van der Waals surface area contributed by atoms with Crippen LogP contribution in [-0.4, -0.2) is 0 Å². The van der Waals surface area contributed by atoms with Crippen molar-refractivity contribution in [3.05, 3.63) is 248 Å². The topological polar surface area (TPSA) is 16.4 Å². The van der Waals surface area contributed by atoms with Gasteiger partial charge >= 0.3 is 0 Å². The number of allylic oxidation sites excluding steroid dienone is 5. The van der Waals surface area contributed by atoms with Gasteiger partial charge in [0.05, 0.1) is 0 Å². The zero-order valence-corrected chi connectivity index (χ0v) is 34.0. The summed E-state index contributed by atoms with van der Waals surface area (Å²) < 4.78 is 6.21. The van der Waals surface area contributed by atoms with Crippen LogP contribution in [-0.2, 0) is 0 Å². The Morgan fingerprint density at radius 1 is 0.443 bits per heavy atom. The highest BCUT2D eigenvalue weighted by atomic mass is 16.3. The second-order valence-corrected chi connectivity index (χ2v) is 15.4. The summed E-state index contributed by atoms with van der Waals surface area (Å²) in [6, 6.07) is 75.6. The maximum absolute atomic E-state index is 6.21. The van der Waals surface area contributed by atoms with Gasteiger partial charge in [0, 0.05) is 27.8 Å². The number of hydrogen-bond acceptors (Lipinski definition) is 2. The van der Waals surface area contributed by atoms with E-state index < -0.39 is 0 Å². The van der Waals surface area contributed by atoms with Crippen LogP contribution in [0, 0.1) is 0 Å². The SMILES string of the molecule is C=C(/C=C\C=C(/C)N(c1ccc(-c2ccc(-c3ccccc3)c(-c3ccc4oc5ccccc5c4c3)c2)cc1)c1ccc(-c2cccc3ccccc23)cc1)c1ccccc1. The number of rotatable bonds is 10. The molecule has 1 aromatic heterocycles. The summed E-state index contributed by atoms with van der Waals surface area (Å²) in [5.41, 5.74) is 16.5. The van der Waals surface area contributed by atoms with Gasteiger partial charge in [0.25, 0.3) is 0 Å². The minimum absolute atomic E-state index is 0.895. The zero-order valence-electron chi connectivity index (χ0n) is 34.0. The van der Waals surface area contributed by atoms with E-state index in [0.717, 1.165) is 66.8 Å². The molecule has 0 aliphatic rings. The summed E-state index contributed by atoms with van der Waals surface area (Å²) in [5, 5.41) is 4.74. The van der Waals surface area contributed by atoms with Crippen LogP contribution in [0.15, 0.2) is 247 Å². The molecule has 10 aromatic rings. The third kappa shape index (κ3) is 7.48. The van der Waals surface area contributed by atoms with Gasteiger partial charge in [-0.2, -0.15) is 0 Å². The molecule has 0 amide bonds. The fourth-order valence-corrected chi connectivity index (χ4v) is 8.48. The average molecular weight is 782 g/mol. The van der Waals surface area contributed by atoms with Gasteiger partial charge in [-0.15, -0.1) is 0 Å². The first-order chi connectivity index (χ1) is 30.1. The molecular weight excluding hydrogens is 739 g/mol. The van der Waals surface area contributed by atoms with Crippen LogP contribution in [0.5, 0.6) is 0 Å². The smallest absolute Gasteiger partial charge is 0.135 e. The van der Waals surface area contributed by atoms with E-state index in [1.165, 1.54) is 38.6 Å². The van der Waals surface area contributed by atoms with Gasteiger partial charge < -0.3 is 9.32 Å². The third-order valence-corrected chi connectivity index (χ3v) is 11.6. The summed E-state index contributed by atoms with van der Waals surface area (Å²) >= 11 is 0. The number of hydrogen-bond donors (Lipinski definition) is 0. The number of benzene rings is 9. The average Bonchev–Trinajstić information content (AvgIpc) is 3.70. The highest BCUT2D eigenvalue weighted by Gasteiger charge is 2.16. The minimum Gasteiger partial charge on any atom is -0.456 e. The van der Waals surface area contributed by atoms with Crippen LogP contribution in [0.25, 0.3) is 82.8 Å². The molecule has 0 radical (unpaired) electrons. The monoisotopic (exact) mass is 781 g/mol. The van der Waals surface area contributed by atoms with Crippen LogP contribution in [0.1, 0.15) is 12.5 Å². The summed E-state index contributed by atoms with van der Waals surface area (Å²) in [4.78, 5) is 2.32. The van der Waals surface area contributed by atoms with Crippen molar-refractivity contribution in [2.45, 2.75) is 6.92 Å². The lowest BCUT2D eigenvalue weighted by atomic mass is 9.90. The van der Waals surface area contributed by atoms with Crippen molar-refractivity contribution in [1.82, 2.24) is 0 Å². The van der Waals surface area contributed by atoms with E-state index in [0.29, 0.717) is 0 Å². The Morgan fingerprint density at radius 2 is 1.03 bits per heavy atom. The van der Waals surface area contributed by atoms with Crippen LogP contribution in [0.3, 0.4) is 0 Å². The van der Waals surface area contributed by atoms with E-state index in [9.17, 15) is 0 Å². The van der Waals surface area contributed by atoms with Gasteiger partial charge in [-0.05, 0) is 128 Å². The van der Waals surface area contributed by atoms with E-state index in [2.05, 4.69) is 219 Å². The molecule has 61 heavy (non-hydrogen) atoms. The van der Waals surface area contributed by atoms with Gasteiger partial charge in [-0.25, -0.2) is 0 Å². The molecule has 0 aliphatic heterocycles. The molecule has 0 saturated heterocycles. The Bertz CT molecular complexity index is 3240. The molecule has 0 fully saturated rings. The van der Waals surface area contributed by atoms with Gasteiger partial charge in [0.1, 0.15) is 11.2 Å². The maximum Gasteiger partial charge on any atom is 0.135 e. The Kier molecular flexibility index (Phi) is 10.0. The lowest BCUT2D eigenvalue weighted by molar-refractivity contribution is 0.669. The molecule has 0 unspecified atom stereocenters. The van der Waals surface area contributed by atoms with Gasteiger partial charge in [-0.3, -0.25) is 0 Å². The highest BCUT2D eigenvalue weighted by molar-refractivity contribution is 6.07. The number of fused-ring (bicyclic) bond motifs is 4. The molecular formula is C59H43NO. The fourth-order valence-electron chi connectivity index (χ4n) is 8.48. The fraction of sp³-hybridized carbons (Fsp3) is 0.0169. The largest absolute Gasteiger partial charge is 0.456 e. The molecule has 2 nitrogen and oxygen atoms in total. The second-order valence-electron chi connectivity index (χ2n) is 15.4. The van der Waals surface area contributed by atoms with Crippen LogP contribution >= 0.6 is 0 Å². The molecule has 0 aliphatic carbocycles. The first-order valence-electron chi connectivity index (χ1n) is 20.8. The summed E-state index contributed by atoms with van der Waals surface area (Å²) in [6.45, 7) is 6.48. The molecule has 1 heterocycles. The Morgan fingerprint density at radius 3 is 1.80 bits per heavy atom. The van der Waals surface area contributed by atoms with Gasteiger partial charge in [0.2, 0.25) is 0 Å². The van der Waals surface area contributed by atoms with Crippen molar-refractivity contribution in [3.8, 4) is 44.5 Å². The Labute approximate surface area is 357 Å². The molecule has 290 valence electrons. The lowest BCUT2D eigenvalue weighted by Crippen LogP contribution is -2.14. The third-order valence-electron chi connectivity index (χ3n) is 11.6. The van der Waals surface area contributed by atoms with Crippen molar-refractivity contribution in [2.75, 3.05) is 4.90 Å². The van der Waals surface area contributed by atoms with Crippen molar-refractivity contribution >= 4 is 49.7 Å². The molecule has 2 heteroatoms. The molecule has 0 saturated carbocycles. The second kappa shape index (κ2) is 16.4. The molecule has 0 atom stereocenters. The standard InChI is InChI=1S/C59H43NO/c1-41(43-17-5-3-6-18-43)15-13-16-42(2)60(51-35-29-47(30-36-51)53-25-14-22-46-21-9-10-23-52(46)53)50-33-27-44(28-34-50)48-31-37-54(45-19-7-4-8-20-45)56(39-48)49-32-38-59-57(40-49)55-24-11-12-26-58(55)61-59/h3-40H,1H2,2H3/b15-13-,42-16+. The van der Waals surface area contributed by atoms with Crippen molar-refractivity contribution in [2.24, 2.45) is 0 Å². The van der Waals surface area contributed by atoms with E-state index in [-0.39, 0.29) is 0 Å². The zero-order chi connectivity index (χ0) is 41.1. The quantitative estimate of drug-likeness (QED) is 0.129. The Balaban J connectivity index is 1.02. The molecule has 10 rings (SSSR count). The number of nitrogens with zero attached hydrogens (tertiary/aromatic N) is 1. The van der Waals surface area contributed by atoms with Crippen LogP contribution in [0.4, 0.5) is 11.4 Å². The molecule has 0 spiro atoms. The molecule has 9 aromatic carbocycles. The summed E-state index contributed by atoms with van der Waals surface area (Å²) in [6.07, 6.45) is 6.33. The number of furan rings is 1. The highest BCUT2D eigenvalue weighted by Crippen LogP contribution is 2.40. The maximum atomic E-state index is 6.21. The minimum atomic E-state index is 0.895. The first-order valence-corrected chi connectivity index (χ1v) is 20.8. The predicted molar refractivity (Wildman–Crippen MR) is 260 cm³/mol. The van der Waals surface area contributed by atoms with Crippen molar-refractivity contribution in [1.29, 1.82) is 0 Å². The van der Waals surface area contributed by atoms with Gasteiger partial charge in [-0.1, -0.05) is 183 Å². The van der Waals surface area contributed by atoms with E-state index in [1.54, 1.807) is 0 Å². The predicted octanol–water partition coefficient (Wildman–Crippen LogP) is 16.7. The first kappa shape index (κ1) is 37.3. The summed E-state index contributed by atoms with van der Waals surface area (Å²) in [5.74, 6) is 0. The lowest BCUT2D eigenvalue weighted by Gasteiger charge is -2.26. The van der Waals surface area contributed by atoms with E-state index in [1.807, 2.05) is 30.3 Å². The van der Waals surface area contributed by atoms with Crippen molar-refractivity contribution in [3.63, 3.8) is 0 Å². The Hall–Kier alpha value is -7.94. The number of anilines is 2. The molecule has 0 N–H and O–H groups in total. The van der Waals surface area contributed by atoms with E-state index in [4.69, 9.17) is 4.42 Å².